The summed E-state index contributed by atoms with van der Waals surface area (Å²) in [6, 6.07) is 5.26. The molecule has 0 atom stereocenters. The van der Waals surface area contributed by atoms with Gasteiger partial charge in [0, 0.05) is 18.3 Å². The van der Waals surface area contributed by atoms with Gasteiger partial charge >= 0.3 is 0 Å². The summed E-state index contributed by atoms with van der Waals surface area (Å²) in [6.07, 6.45) is 0. The number of pyridine rings is 1. The van der Waals surface area contributed by atoms with Crippen LogP contribution >= 0.6 is 0 Å². The fourth-order valence-corrected chi connectivity index (χ4v) is 1.10. The van der Waals surface area contributed by atoms with Gasteiger partial charge in [0.1, 0.15) is 0 Å². The zero-order chi connectivity index (χ0) is 9.14. The van der Waals surface area contributed by atoms with Crippen molar-refractivity contribution in [3.8, 4) is 0 Å². The van der Waals surface area contributed by atoms with Crippen LogP contribution in [0.25, 0.3) is 0 Å². The molecule has 1 heterocycles. The molecule has 2 heteroatoms. The molecule has 64 valence electrons. The molecular formula is C10H13NO. The minimum absolute atomic E-state index is 0.0398. The van der Waals surface area contributed by atoms with Crippen LogP contribution in [-0.2, 0) is 6.54 Å². The van der Waals surface area contributed by atoms with Crippen molar-refractivity contribution in [1.29, 1.82) is 0 Å². The van der Waals surface area contributed by atoms with Gasteiger partial charge < -0.3 is 4.57 Å². The van der Waals surface area contributed by atoms with Crippen molar-refractivity contribution in [3.63, 3.8) is 0 Å². The van der Waals surface area contributed by atoms with E-state index in [0.717, 1.165) is 11.3 Å². The van der Waals surface area contributed by atoms with Crippen LogP contribution in [0.15, 0.2) is 35.1 Å². The summed E-state index contributed by atoms with van der Waals surface area (Å²) in [5, 5.41) is 0. The van der Waals surface area contributed by atoms with Gasteiger partial charge in [-0.15, -0.1) is 0 Å². The molecule has 0 aliphatic carbocycles. The van der Waals surface area contributed by atoms with E-state index in [-0.39, 0.29) is 5.56 Å². The Bertz CT molecular complexity index is 349. The smallest absolute Gasteiger partial charge is 0.251 e. The monoisotopic (exact) mass is 163 g/mol. The highest BCUT2D eigenvalue weighted by Crippen LogP contribution is 1.97. The second kappa shape index (κ2) is 3.39. The third kappa shape index (κ3) is 1.84. The molecule has 0 spiro atoms. The molecule has 0 amide bonds. The molecule has 0 aromatic carbocycles. The van der Waals surface area contributed by atoms with E-state index in [4.69, 9.17) is 0 Å². The van der Waals surface area contributed by atoms with E-state index in [1.165, 1.54) is 0 Å². The number of aryl methyl sites for hydroxylation is 1. The average molecular weight is 163 g/mol. The predicted octanol–water partition coefficient (Wildman–Crippen LogP) is 1.73. The van der Waals surface area contributed by atoms with E-state index in [1.54, 1.807) is 16.7 Å². The molecular weight excluding hydrogens is 150 g/mol. The Balaban J connectivity index is 3.13. The lowest BCUT2D eigenvalue weighted by molar-refractivity contribution is 0.721. The fraction of sp³-hybridized carbons (Fsp3) is 0.300. The number of allylic oxidation sites excluding steroid dienone is 1. The first-order valence-corrected chi connectivity index (χ1v) is 3.92. The number of hydrogen-bond acceptors (Lipinski definition) is 1. The maximum Gasteiger partial charge on any atom is 0.251 e. The summed E-state index contributed by atoms with van der Waals surface area (Å²) in [7, 11) is 0. The van der Waals surface area contributed by atoms with E-state index in [2.05, 4.69) is 6.58 Å². The summed E-state index contributed by atoms with van der Waals surface area (Å²) in [5.74, 6) is 0. The molecule has 0 aliphatic heterocycles. The number of aromatic nitrogens is 1. The first-order chi connectivity index (χ1) is 5.61. The Morgan fingerprint density at radius 2 is 2.25 bits per heavy atom. The standard InChI is InChI=1S/C10H13NO/c1-8(2)7-11-9(3)5-4-6-10(11)12/h4-6H,1,7H2,2-3H3. The van der Waals surface area contributed by atoms with Crippen molar-refractivity contribution < 1.29 is 0 Å². The maximum absolute atomic E-state index is 11.3. The lowest BCUT2D eigenvalue weighted by Crippen LogP contribution is -2.21. The van der Waals surface area contributed by atoms with Crippen molar-refractivity contribution in [1.82, 2.24) is 4.57 Å². The van der Waals surface area contributed by atoms with Gasteiger partial charge in [-0.2, -0.15) is 0 Å². The fourth-order valence-electron chi connectivity index (χ4n) is 1.10. The third-order valence-electron chi connectivity index (χ3n) is 1.70. The van der Waals surface area contributed by atoms with Crippen LogP contribution in [0, 0.1) is 6.92 Å². The highest BCUT2D eigenvalue weighted by molar-refractivity contribution is 5.06. The lowest BCUT2D eigenvalue weighted by atomic mass is 10.3. The zero-order valence-electron chi connectivity index (χ0n) is 7.50. The van der Waals surface area contributed by atoms with Crippen molar-refractivity contribution >= 4 is 0 Å². The quantitative estimate of drug-likeness (QED) is 0.608. The largest absolute Gasteiger partial charge is 0.309 e. The summed E-state index contributed by atoms with van der Waals surface area (Å²) >= 11 is 0. The Kier molecular flexibility index (Phi) is 2.48. The van der Waals surface area contributed by atoms with Gasteiger partial charge in [0.15, 0.2) is 0 Å². The molecule has 1 aromatic heterocycles. The van der Waals surface area contributed by atoms with Crippen LogP contribution < -0.4 is 5.56 Å². The topological polar surface area (TPSA) is 22.0 Å². The predicted molar refractivity (Wildman–Crippen MR) is 50.3 cm³/mol. The van der Waals surface area contributed by atoms with E-state index in [0.29, 0.717) is 6.54 Å². The average Bonchev–Trinajstić information content (AvgIpc) is 1.97. The molecule has 0 saturated carbocycles. The minimum atomic E-state index is 0.0398. The number of hydrogen-bond donors (Lipinski definition) is 0. The molecule has 0 bridgehead atoms. The normalized spacial score (nSPS) is 9.83. The van der Waals surface area contributed by atoms with E-state index < -0.39 is 0 Å². The molecule has 0 aliphatic rings. The molecule has 0 fully saturated rings. The summed E-state index contributed by atoms with van der Waals surface area (Å²) in [6.45, 7) is 8.23. The Morgan fingerprint density at radius 1 is 1.58 bits per heavy atom. The van der Waals surface area contributed by atoms with Crippen molar-refractivity contribution in [2.45, 2.75) is 20.4 Å². The van der Waals surface area contributed by atoms with Crippen LogP contribution in [0.2, 0.25) is 0 Å². The van der Waals surface area contributed by atoms with Crippen LogP contribution in [0.1, 0.15) is 12.6 Å². The molecule has 0 unspecified atom stereocenters. The SMILES string of the molecule is C=C(C)Cn1c(C)cccc1=O. The second-order valence-corrected chi connectivity index (χ2v) is 3.05. The van der Waals surface area contributed by atoms with Gasteiger partial charge in [0.25, 0.3) is 5.56 Å². The second-order valence-electron chi connectivity index (χ2n) is 3.05. The molecule has 0 radical (unpaired) electrons. The van der Waals surface area contributed by atoms with E-state index in [1.807, 2.05) is 19.9 Å². The highest BCUT2D eigenvalue weighted by Gasteiger charge is 1.97. The van der Waals surface area contributed by atoms with Crippen molar-refractivity contribution in [2.24, 2.45) is 0 Å². The van der Waals surface area contributed by atoms with Crippen LogP contribution in [0.3, 0.4) is 0 Å². The molecule has 12 heavy (non-hydrogen) atoms. The van der Waals surface area contributed by atoms with E-state index in [9.17, 15) is 4.79 Å². The molecule has 0 N–H and O–H groups in total. The maximum atomic E-state index is 11.3. The van der Waals surface area contributed by atoms with Gasteiger partial charge in [-0.3, -0.25) is 4.79 Å². The van der Waals surface area contributed by atoms with Crippen molar-refractivity contribution in [2.75, 3.05) is 0 Å². The van der Waals surface area contributed by atoms with Gasteiger partial charge in [-0.25, -0.2) is 0 Å². The zero-order valence-corrected chi connectivity index (χ0v) is 7.50. The number of nitrogens with zero attached hydrogens (tertiary/aromatic N) is 1. The Labute approximate surface area is 72.2 Å². The summed E-state index contributed by atoms with van der Waals surface area (Å²) in [5.41, 5.74) is 2.01. The third-order valence-corrected chi connectivity index (χ3v) is 1.70. The van der Waals surface area contributed by atoms with Crippen molar-refractivity contribution in [3.05, 3.63) is 46.4 Å². The van der Waals surface area contributed by atoms with Gasteiger partial charge in [-0.05, 0) is 19.9 Å². The summed E-state index contributed by atoms with van der Waals surface area (Å²) in [4.78, 5) is 11.3. The van der Waals surface area contributed by atoms with Gasteiger partial charge in [-0.1, -0.05) is 18.2 Å². The van der Waals surface area contributed by atoms with Gasteiger partial charge in [0.05, 0.1) is 0 Å². The Hall–Kier alpha value is -1.31. The molecule has 0 saturated heterocycles. The van der Waals surface area contributed by atoms with Gasteiger partial charge in [0.2, 0.25) is 0 Å². The summed E-state index contributed by atoms with van der Waals surface area (Å²) < 4.78 is 1.71. The van der Waals surface area contributed by atoms with Crippen LogP contribution in [0.5, 0.6) is 0 Å². The molecule has 2 nitrogen and oxygen atoms in total. The number of rotatable bonds is 2. The molecule has 1 aromatic rings. The van der Waals surface area contributed by atoms with Crippen LogP contribution in [0.4, 0.5) is 0 Å². The first kappa shape index (κ1) is 8.78. The van der Waals surface area contributed by atoms with E-state index >= 15 is 0 Å². The molecule has 1 rings (SSSR count). The lowest BCUT2D eigenvalue weighted by Gasteiger charge is -2.07. The van der Waals surface area contributed by atoms with Crippen LogP contribution in [-0.4, -0.2) is 4.57 Å². The highest BCUT2D eigenvalue weighted by atomic mass is 16.1. The first-order valence-electron chi connectivity index (χ1n) is 3.92. The Morgan fingerprint density at radius 3 is 2.75 bits per heavy atom. The minimum Gasteiger partial charge on any atom is -0.309 e.